The van der Waals surface area contributed by atoms with E-state index in [1.54, 1.807) is 25.2 Å². The van der Waals surface area contributed by atoms with Crippen LogP contribution >= 0.6 is 0 Å². The van der Waals surface area contributed by atoms with Gasteiger partial charge in [-0.15, -0.1) is 0 Å². The fourth-order valence-electron chi connectivity index (χ4n) is 2.71. The Hall–Kier alpha value is -2.67. The minimum Gasteiger partial charge on any atom is -0.467 e. The Bertz CT molecular complexity index is 732. The van der Waals surface area contributed by atoms with Crippen molar-refractivity contribution in [1.82, 2.24) is 10.2 Å². The highest BCUT2D eigenvalue weighted by Gasteiger charge is 2.40. The first-order valence-corrected chi connectivity index (χ1v) is 7.49. The zero-order chi connectivity index (χ0) is 17.1. The van der Waals surface area contributed by atoms with Crippen molar-refractivity contribution in [1.29, 1.82) is 0 Å². The molecule has 0 aliphatic carbocycles. The summed E-state index contributed by atoms with van der Waals surface area (Å²) in [4.78, 5) is 25.9. The molecule has 1 N–H and O–H groups in total. The molecule has 1 fully saturated rings. The van der Waals surface area contributed by atoms with Gasteiger partial charge >= 0.3 is 0 Å². The van der Waals surface area contributed by atoms with Crippen molar-refractivity contribution < 1.29 is 23.1 Å². The van der Waals surface area contributed by atoms with Gasteiger partial charge in [-0.1, -0.05) is 12.1 Å². The molecule has 2 amide bonds. The van der Waals surface area contributed by atoms with Gasteiger partial charge in [0, 0.05) is 7.05 Å². The van der Waals surface area contributed by atoms with Gasteiger partial charge in [-0.3, -0.25) is 9.59 Å². The van der Waals surface area contributed by atoms with Crippen LogP contribution in [0.3, 0.4) is 0 Å². The number of furan rings is 1. The van der Waals surface area contributed by atoms with E-state index in [1.165, 1.54) is 29.4 Å². The quantitative estimate of drug-likeness (QED) is 0.924. The van der Waals surface area contributed by atoms with E-state index in [4.69, 9.17) is 9.15 Å². The number of amides is 2. The lowest BCUT2D eigenvalue weighted by Gasteiger charge is -2.38. The summed E-state index contributed by atoms with van der Waals surface area (Å²) in [5.41, 5.74) is 0.503. The summed E-state index contributed by atoms with van der Waals surface area (Å²) < 4.78 is 24.2. The number of rotatable bonds is 4. The molecule has 1 aliphatic heterocycles. The third-order valence-electron chi connectivity index (χ3n) is 3.95. The van der Waals surface area contributed by atoms with E-state index in [0.29, 0.717) is 11.3 Å². The summed E-state index contributed by atoms with van der Waals surface area (Å²) >= 11 is 0. The molecule has 0 spiro atoms. The Morgan fingerprint density at radius 3 is 2.92 bits per heavy atom. The third-order valence-corrected chi connectivity index (χ3v) is 3.95. The highest BCUT2D eigenvalue weighted by atomic mass is 19.1. The first kappa shape index (κ1) is 16.2. The lowest BCUT2D eigenvalue weighted by molar-refractivity contribution is -0.162. The average molecular weight is 332 g/mol. The standard InChI is InChI=1S/C17H17FN2O4/c1-20-14(21)10-24-16(15(20)11-4-2-5-12(18)8-11)17(22)19-9-13-6-3-7-23-13/h2-8,15-16H,9-10H2,1H3,(H,19,22)/t15-,16+/m0/s1. The van der Waals surface area contributed by atoms with Crippen molar-refractivity contribution in [2.24, 2.45) is 0 Å². The number of carbonyl (C=O) groups is 2. The lowest BCUT2D eigenvalue weighted by Crippen LogP contribution is -2.52. The molecule has 0 unspecified atom stereocenters. The molecule has 0 saturated carbocycles. The first-order chi connectivity index (χ1) is 11.6. The van der Waals surface area contributed by atoms with Crippen molar-refractivity contribution in [2.45, 2.75) is 18.7 Å². The van der Waals surface area contributed by atoms with Crippen LogP contribution in [0.15, 0.2) is 47.1 Å². The van der Waals surface area contributed by atoms with Gasteiger partial charge in [-0.05, 0) is 29.8 Å². The summed E-state index contributed by atoms with van der Waals surface area (Å²) in [7, 11) is 1.58. The maximum absolute atomic E-state index is 13.6. The highest BCUT2D eigenvalue weighted by molar-refractivity contribution is 5.86. The van der Waals surface area contributed by atoms with E-state index in [2.05, 4.69) is 5.32 Å². The molecular formula is C17H17FN2O4. The molecule has 2 atom stereocenters. The van der Waals surface area contributed by atoms with Gasteiger partial charge in [0.15, 0.2) is 6.10 Å². The number of hydrogen-bond donors (Lipinski definition) is 1. The second-order valence-corrected chi connectivity index (χ2v) is 5.53. The number of halogens is 1. The monoisotopic (exact) mass is 332 g/mol. The van der Waals surface area contributed by atoms with Gasteiger partial charge in [0.2, 0.25) is 5.91 Å². The molecule has 24 heavy (non-hydrogen) atoms. The molecule has 6 nitrogen and oxygen atoms in total. The van der Waals surface area contributed by atoms with Crippen LogP contribution in [0.5, 0.6) is 0 Å². The molecule has 2 heterocycles. The van der Waals surface area contributed by atoms with Crippen LogP contribution in [-0.2, 0) is 20.9 Å². The molecule has 0 bridgehead atoms. The topological polar surface area (TPSA) is 71.8 Å². The maximum atomic E-state index is 13.6. The fourth-order valence-corrected chi connectivity index (χ4v) is 2.71. The predicted molar refractivity (Wildman–Crippen MR) is 82.2 cm³/mol. The van der Waals surface area contributed by atoms with Crippen molar-refractivity contribution in [3.8, 4) is 0 Å². The third kappa shape index (κ3) is 3.30. The highest BCUT2D eigenvalue weighted by Crippen LogP contribution is 2.29. The summed E-state index contributed by atoms with van der Waals surface area (Å²) in [5, 5.41) is 2.72. The van der Waals surface area contributed by atoms with Gasteiger partial charge in [0.1, 0.15) is 18.2 Å². The molecular weight excluding hydrogens is 315 g/mol. The van der Waals surface area contributed by atoms with Crippen LogP contribution in [0.2, 0.25) is 0 Å². The number of ether oxygens (including phenoxy) is 1. The average Bonchev–Trinajstić information content (AvgIpc) is 3.08. The van der Waals surface area contributed by atoms with Crippen molar-refractivity contribution in [2.75, 3.05) is 13.7 Å². The normalized spacial score (nSPS) is 20.9. The molecule has 2 aromatic rings. The maximum Gasteiger partial charge on any atom is 0.252 e. The SMILES string of the molecule is CN1C(=O)CO[C@@H](C(=O)NCc2ccco2)[C@@H]1c1cccc(F)c1. The zero-order valence-corrected chi connectivity index (χ0v) is 13.1. The van der Waals surface area contributed by atoms with Crippen molar-refractivity contribution in [3.05, 3.63) is 59.8 Å². The second kappa shape index (κ2) is 6.84. The Balaban J connectivity index is 1.80. The Kier molecular flexibility index (Phi) is 4.61. The van der Waals surface area contributed by atoms with Crippen LogP contribution < -0.4 is 5.32 Å². The molecule has 7 heteroatoms. The van der Waals surface area contributed by atoms with Crippen LogP contribution in [0.25, 0.3) is 0 Å². The van der Waals surface area contributed by atoms with E-state index in [0.717, 1.165) is 0 Å². The minimum atomic E-state index is -0.926. The van der Waals surface area contributed by atoms with E-state index in [1.807, 2.05) is 0 Å². The smallest absolute Gasteiger partial charge is 0.252 e. The Morgan fingerprint density at radius 2 is 2.21 bits per heavy atom. The Morgan fingerprint density at radius 1 is 1.38 bits per heavy atom. The fraction of sp³-hybridized carbons (Fsp3) is 0.294. The molecule has 3 rings (SSSR count). The largest absolute Gasteiger partial charge is 0.467 e. The van der Waals surface area contributed by atoms with E-state index >= 15 is 0 Å². The summed E-state index contributed by atoms with van der Waals surface area (Å²) in [5.74, 6) is -0.487. The molecule has 1 aromatic carbocycles. The summed E-state index contributed by atoms with van der Waals surface area (Å²) in [6.45, 7) is 0.0143. The molecule has 0 radical (unpaired) electrons. The zero-order valence-electron chi connectivity index (χ0n) is 13.1. The number of nitrogens with one attached hydrogen (secondary N) is 1. The van der Waals surface area contributed by atoms with E-state index in [9.17, 15) is 14.0 Å². The number of carbonyl (C=O) groups excluding carboxylic acids is 2. The first-order valence-electron chi connectivity index (χ1n) is 7.49. The predicted octanol–water partition coefficient (Wildman–Crippen LogP) is 1.63. The molecule has 1 saturated heterocycles. The second-order valence-electron chi connectivity index (χ2n) is 5.53. The van der Waals surface area contributed by atoms with Gasteiger partial charge < -0.3 is 19.4 Å². The van der Waals surface area contributed by atoms with E-state index < -0.39 is 18.0 Å². The van der Waals surface area contributed by atoms with Gasteiger partial charge in [-0.25, -0.2) is 4.39 Å². The van der Waals surface area contributed by atoms with Gasteiger partial charge in [0.05, 0.1) is 18.8 Å². The van der Waals surface area contributed by atoms with Gasteiger partial charge in [-0.2, -0.15) is 0 Å². The van der Waals surface area contributed by atoms with Crippen molar-refractivity contribution in [3.63, 3.8) is 0 Å². The van der Waals surface area contributed by atoms with E-state index in [-0.39, 0.29) is 25.0 Å². The van der Waals surface area contributed by atoms with Crippen LogP contribution in [0.1, 0.15) is 17.4 Å². The van der Waals surface area contributed by atoms with Crippen LogP contribution in [0, 0.1) is 5.82 Å². The van der Waals surface area contributed by atoms with Crippen LogP contribution in [-0.4, -0.2) is 36.5 Å². The lowest BCUT2D eigenvalue weighted by atomic mass is 9.97. The minimum absolute atomic E-state index is 0.193. The number of morpholine rings is 1. The summed E-state index contributed by atoms with van der Waals surface area (Å²) in [6.07, 6.45) is 0.588. The number of hydrogen-bond acceptors (Lipinski definition) is 4. The summed E-state index contributed by atoms with van der Waals surface area (Å²) in [6, 6.07) is 8.58. The molecule has 1 aliphatic rings. The van der Waals surface area contributed by atoms with Gasteiger partial charge in [0.25, 0.3) is 5.91 Å². The number of benzene rings is 1. The Labute approximate surface area is 138 Å². The molecule has 1 aromatic heterocycles. The number of nitrogens with zero attached hydrogens (tertiary/aromatic N) is 1. The van der Waals surface area contributed by atoms with Crippen molar-refractivity contribution >= 4 is 11.8 Å². The molecule has 126 valence electrons. The number of likely N-dealkylation sites (N-methyl/N-ethyl adjacent to an activating group) is 1. The van der Waals surface area contributed by atoms with Crippen LogP contribution in [0.4, 0.5) is 4.39 Å².